The molecule has 4 rings (SSSR count). The molecule has 8 heteroatoms. The van der Waals surface area contributed by atoms with Crippen molar-refractivity contribution in [2.75, 3.05) is 18.0 Å². The van der Waals surface area contributed by atoms with E-state index in [-0.39, 0.29) is 17.9 Å². The fraction of sp³-hybridized carbons (Fsp3) is 0.400. The van der Waals surface area contributed by atoms with Crippen molar-refractivity contribution in [3.8, 4) is 0 Å². The lowest BCUT2D eigenvalue weighted by Gasteiger charge is -2.32. The molecule has 1 N–H and O–H groups in total. The second-order valence-electron chi connectivity index (χ2n) is 7.33. The number of aromatic nitrogens is 4. The molecule has 0 saturated carbocycles. The lowest BCUT2D eigenvalue weighted by atomic mass is 9.95. The third-order valence-electron chi connectivity index (χ3n) is 5.16. The maximum absolute atomic E-state index is 12.7. The standard InChI is InChI=1S/C20H23ClN6O/c1-14(11-15-3-2-4-17(21)12-15)23-20(28)16-7-9-26(10-8-16)19-6-5-18-24-22-13-27(18)25-19/h2-6,12-14,16H,7-11H2,1H3,(H,23,28). The summed E-state index contributed by atoms with van der Waals surface area (Å²) in [5.41, 5.74) is 1.86. The predicted octanol–water partition coefficient (Wildman–Crippen LogP) is 2.74. The molecule has 0 bridgehead atoms. The zero-order valence-electron chi connectivity index (χ0n) is 15.8. The molecule has 0 spiro atoms. The largest absolute Gasteiger partial charge is 0.355 e. The van der Waals surface area contributed by atoms with Crippen molar-refractivity contribution in [1.29, 1.82) is 0 Å². The molecule has 3 heterocycles. The predicted molar refractivity (Wildman–Crippen MR) is 108 cm³/mol. The number of carbonyl (C=O) groups is 1. The summed E-state index contributed by atoms with van der Waals surface area (Å²) in [6.07, 6.45) is 4.00. The molecular weight excluding hydrogens is 376 g/mol. The molecule has 0 aliphatic carbocycles. The Bertz CT molecular complexity index is 966. The van der Waals surface area contributed by atoms with E-state index >= 15 is 0 Å². The number of halogens is 1. The van der Waals surface area contributed by atoms with E-state index in [9.17, 15) is 4.79 Å². The quantitative estimate of drug-likeness (QED) is 0.715. The Balaban J connectivity index is 1.29. The number of nitrogens with zero attached hydrogens (tertiary/aromatic N) is 5. The molecule has 1 saturated heterocycles. The molecule has 3 aromatic rings. The number of fused-ring (bicyclic) bond motifs is 1. The fourth-order valence-electron chi connectivity index (χ4n) is 3.69. The number of carbonyl (C=O) groups excluding carboxylic acids is 1. The van der Waals surface area contributed by atoms with Crippen molar-refractivity contribution in [1.82, 2.24) is 25.1 Å². The van der Waals surface area contributed by atoms with Crippen molar-refractivity contribution >= 4 is 29.0 Å². The molecule has 7 nitrogen and oxygen atoms in total. The third kappa shape index (κ3) is 4.25. The minimum Gasteiger partial charge on any atom is -0.355 e. The van der Waals surface area contributed by atoms with E-state index in [4.69, 9.17) is 11.6 Å². The average Bonchev–Trinajstić information content (AvgIpc) is 3.16. The fourth-order valence-corrected chi connectivity index (χ4v) is 3.90. The van der Waals surface area contributed by atoms with Gasteiger partial charge in [0.2, 0.25) is 5.91 Å². The first-order valence-electron chi connectivity index (χ1n) is 9.55. The van der Waals surface area contributed by atoms with Crippen molar-refractivity contribution in [2.24, 2.45) is 5.92 Å². The first-order valence-corrected chi connectivity index (χ1v) is 9.93. The maximum atomic E-state index is 12.7. The minimum absolute atomic E-state index is 0.0386. The number of piperidine rings is 1. The Morgan fingerprint density at radius 1 is 1.29 bits per heavy atom. The first kappa shape index (κ1) is 18.7. The van der Waals surface area contributed by atoms with Crippen LogP contribution in [0.25, 0.3) is 5.65 Å². The Morgan fingerprint density at radius 2 is 2.11 bits per heavy atom. The Hall–Kier alpha value is -2.67. The highest BCUT2D eigenvalue weighted by Gasteiger charge is 2.26. The molecule has 1 aromatic carbocycles. The van der Waals surface area contributed by atoms with Crippen molar-refractivity contribution in [2.45, 2.75) is 32.2 Å². The average molecular weight is 399 g/mol. The van der Waals surface area contributed by atoms with Crippen LogP contribution < -0.4 is 10.2 Å². The Labute approximate surface area is 168 Å². The van der Waals surface area contributed by atoms with Gasteiger partial charge < -0.3 is 10.2 Å². The van der Waals surface area contributed by atoms with Gasteiger partial charge in [-0.15, -0.1) is 15.3 Å². The molecule has 28 heavy (non-hydrogen) atoms. The normalized spacial score (nSPS) is 16.3. The van der Waals surface area contributed by atoms with E-state index in [1.807, 2.05) is 43.3 Å². The lowest BCUT2D eigenvalue weighted by Crippen LogP contribution is -2.44. The molecule has 1 unspecified atom stereocenters. The van der Waals surface area contributed by atoms with Crippen LogP contribution in [0.5, 0.6) is 0 Å². The van der Waals surface area contributed by atoms with Crippen LogP contribution in [-0.2, 0) is 11.2 Å². The molecule has 1 fully saturated rings. The van der Waals surface area contributed by atoms with Crippen LogP contribution in [0.3, 0.4) is 0 Å². The molecule has 1 aliphatic heterocycles. The zero-order chi connectivity index (χ0) is 19.5. The highest BCUT2D eigenvalue weighted by Crippen LogP contribution is 2.22. The highest BCUT2D eigenvalue weighted by atomic mass is 35.5. The van der Waals surface area contributed by atoms with Crippen molar-refractivity contribution < 1.29 is 4.79 Å². The number of hydrogen-bond acceptors (Lipinski definition) is 5. The lowest BCUT2D eigenvalue weighted by molar-refractivity contribution is -0.126. The zero-order valence-corrected chi connectivity index (χ0v) is 16.5. The smallest absolute Gasteiger partial charge is 0.223 e. The second-order valence-corrected chi connectivity index (χ2v) is 7.77. The summed E-state index contributed by atoms with van der Waals surface area (Å²) in [7, 11) is 0. The summed E-state index contributed by atoms with van der Waals surface area (Å²) in [4.78, 5) is 14.9. The van der Waals surface area contributed by atoms with Gasteiger partial charge in [0.15, 0.2) is 5.65 Å². The van der Waals surface area contributed by atoms with Crippen LogP contribution in [0, 0.1) is 5.92 Å². The van der Waals surface area contributed by atoms with Crippen LogP contribution in [0.2, 0.25) is 5.02 Å². The molecule has 0 radical (unpaired) electrons. The van der Waals surface area contributed by atoms with Crippen LogP contribution in [0.1, 0.15) is 25.3 Å². The number of rotatable bonds is 5. The van der Waals surface area contributed by atoms with Gasteiger partial charge in [-0.1, -0.05) is 23.7 Å². The number of anilines is 1. The van der Waals surface area contributed by atoms with Gasteiger partial charge in [-0.2, -0.15) is 4.52 Å². The maximum Gasteiger partial charge on any atom is 0.223 e. The van der Waals surface area contributed by atoms with Gasteiger partial charge in [0.25, 0.3) is 0 Å². The van der Waals surface area contributed by atoms with Gasteiger partial charge >= 0.3 is 0 Å². The van der Waals surface area contributed by atoms with E-state index in [0.29, 0.717) is 0 Å². The van der Waals surface area contributed by atoms with Crippen molar-refractivity contribution in [3.05, 3.63) is 53.3 Å². The molecule has 1 amide bonds. The van der Waals surface area contributed by atoms with Crippen LogP contribution in [0.4, 0.5) is 5.82 Å². The third-order valence-corrected chi connectivity index (χ3v) is 5.39. The monoisotopic (exact) mass is 398 g/mol. The minimum atomic E-state index is 0.0386. The molecular formula is C20H23ClN6O. The SMILES string of the molecule is CC(Cc1cccc(Cl)c1)NC(=O)C1CCN(c2ccc3nncn3n2)CC1. The first-order chi connectivity index (χ1) is 13.6. The van der Waals surface area contributed by atoms with Crippen LogP contribution in [-0.4, -0.2) is 44.8 Å². The van der Waals surface area contributed by atoms with Crippen LogP contribution >= 0.6 is 11.6 Å². The summed E-state index contributed by atoms with van der Waals surface area (Å²) in [6.45, 7) is 3.65. The van der Waals surface area contributed by atoms with Gasteiger partial charge in [-0.25, -0.2) is 0 Å². The van der Waals surface area contributed by atoms with E-state index in [1.54, 1.807) is 10.8 Å². The van der Waals surface area contributed by atoms with E-state index in [2.05, 4.69) is 25.5 Å². The molecule has 146 valence electrons. The second kappa shape index (κ2) is 8.14. The summed E-state index contributed by atoms with van der Waals surface area (Å²) >= 11 is 6.04. The van der Waals surface area contributed by atoms with Gasteiger partial charge in [0.1, 0.15) is 12.1 Å². The summed E-state index contributed by atoms with van der Waals surface area (Å²) in [5, 5.41) is 16.2. The summed E-state index contributed by atoms with van der Waals surface area (Å²) < 4.78 is 1.67. The van der Waals surface area contributed by atoms with Gasteiger partial charge in [-0.3, -0.25) is 4.79 Å². The molecule has 2 aromatic heterocycles. The van der Waals surface area contributed by atoms with Crippen LogP contribution in [0.15, 0.2) is 42.7 Å². The van der Waals surface area contributed by atoms with Crippen molar-refractivity contribution in [3.63, 3.8) is 0 Å². The Kier molecular flexibility index (Phi) is 5.43. The van der Waals surface area contributed by atoms with E-state index in [0.717, 1.165) is 54.4 Å². The number of hydrogen-bond donors (Lipinski definition) is 1. The van der Waals surface area contributed by atoms with E-state index in [1.165, 1.54) is 0 Å². The number of amides is 1. The summed E-state index contributed by atoms with van der Waals surface area (Å²) in [5.74, 6) is 1.06. The molecule has 1 aliphatic rings. The van der Waals surface area contributed by atoms with Gasteiger partial charge in [0.05, 0.1) is 0 Å². The number of benzene rings is 1. The van der Waals surface area contributed by atoms with E-state index < -0.39 is 0 Å². The summed E-state index contributed by atoms with van der Waals surface area (Å²) in [6, 6.07) is 11.7. The number of nitrogens with one attached hydrogen (secondary N) is 1. The highest BCUT2D eigenvalue weighted by molar-refractivity contribution is 6.30. The topological polar surface area (TPSA) is 75.4 Å². The Morgan fingerprint density at radius 3 is 2.89 bits per heavy atom. The van der Waals surface area contributed by atoms with Gasteiger partial charge in [-0.05, 0) is 56.0 Å². The molecule has 1 atom stereocenters. The van der Waals surface area contributed by atoms with Gasteiger partial charge in [0, 0.05) is 30.1 Å².